The highest BCUT2D eigenvalue weighted by molar-refractivity contribution is 7.23. The fraction of sp³-hybridized carbons (Fsp3) is 0.278. The summed E-state index contributed by atoms with van der Waals surface area (Å²) in [6.45, 7) is 0. The monoisotopic (exact) mass is 355 g/mol. The number of ether oxygens (including phenoxy) is 2. The highest BCUT2D eigenvalue weighted by Crippen LogP contribution is 2.39. The standard InChI is InChI=1S/C18H17N3O3S/c1-23-13-8-11(13)16(22)21-18-20-14-15(25-18)12(9-19-17(14)24-2)10-6-4-3-5-7-10/h3-7,9,11,13H,8H2,1-2H3,(H,20,21,22). The minimum absolute atomic E-state index is 0.0189. The predicted molar refractivity (Wildman–Crippen MR) is 96.9 cm³/mol. The van der Waals surface area contributed by atoms with E-state index in [1.807, 2.05) is 30.3 Å². The molecule has 1 aromatic carbocycles. The molecule has 0 bridgehead atoms. The number of amides is 1. The number of methoxy groups -OCH3 is 2. The van der Waals surface area contributed by atoms with Crippen molar-refractivity contribution in [2.24, 2.45) is 5.92 Å². The molecule has 0 saturated heterocycles. The number of hydrogen-bond acceptors (Lipinski definition) is 6. The molecule has 128 valence electrons. The number of benzene rings is 1. The van der Waals surface area contributed by atoms with Crippen LogP contribution in [0.25, 0.3) is 21.3 Å². The van der Waals surface area contributed by atoms with E-state index in [0.717, 1.165) is 22.2 Å². The van der Waals surface area contributed by atoms with Gasteiger partial charge in [0.2, 0.25) is 11.8 Å². The SMILES string of the molecule is COc1ncc(-c2ccccc2)c2sc(NC(=O)C3CC3OC)nc12. The number of thiazole rings is 1. The van der Waals surface area contributed by atoms with Gasteiger partial charge in [0.25, 0.3) is 0 Å². The third kappa shape index (κ3) is 2.96. The van der Waals surface area contributed by atoms with E-state index in [-0.39, 0.29) is 17.9 Å². The number of carbonyl (C=O) groups is 1. The Bertz CT molecular complexity index is 926. The fourth-order valence-electron chi connectivity index (χ4n) is 2.82. The molecular weight excluding hydrogens is 338 g/mol. The van der Waals surface area contributed by atoms with E-state index in [2.05, 4.69) is 15.3 Å². The molecule has 2 heterocycles. The normalized spacial score (nSPS) is 19.0. The quantitative estimate of drug-likeness (QED) is 0.760. The number of carbonyl (C=O) groups excluding carboxylic acids is 1. The Labute approximate surface area is 148 Å². The molecule has 1 amide bonds. The number of rotatable bonds is 5. The molecule has 1 N–H and O–H groups in total. The third-order valence-corrected chi connectivity index (χ3v) is 5.27. The number of pyridine rings is 1. The molecule has 1 fully saturated rings. The van der Waals surface area contributed by atoms with E-state index in [1.54, 1.807) is 20.4 Å². The van der Waals surface area contributed by atoms with E-state index < -0.39 is 0 Å². The van der Waals surface area contributed by atoms with Crippen molar-refractivity contribution >= 4 is 32.6 Å². The first-order chi connectivity index (χ1) is 12.2. The second-order valence-electron chi connectivity index (χ2n) is 5.85. The van der Waals surface area contributed by atoms with Gasteiger partial charge in [0.15, 0.2) is 5.13 Å². The number of aromatic nitrogens is 2. The predicted octanol–water partition coefficient (Wildman–Crippen LogP) is 3.34. The molecule has 1 aliphatic carbocycles. The van der Waals surface area contributed by atoms with Gasteiger partial charge in [0, 0.05) is 18.9 Å². The zero-order valence-corrected chi connectivity index (χ0v) is 14.7. The maximum Gasteiger partial charge on any atom is 0.241 e. The Morgan fingerprint density at radius 3 is 2.76 bits per heavy atom. The Balaban J connectivity index is 1.72. The van der Waals surface area contributed by atoms with Crippen LogP contribution in [0.4, 0.5) is 5.13 Å². The highest BCUT2D eigenvalue weighted by Gasteiger charge is 2.43. The van der Waals surface area contributed by atoms with Gasteiger partial charge in [-0.3, -0.25) is 4.79 Å². The van der Waals surface area contributed by atoms with Crippen molar-refractivity contribution in [2.45, 2.75) is 12.5 Å². The average Bonchev–Trinajstić information content (AvgIpc) is 3.33. The van der Waals surface area contributed by atoms with Crippen LogP contribution in [-0.2, 0) is 9.53 Å². The Morgan fingerprint density at radius 1 is 1.28 bits per heavy atom. The second kappa shape index (κ2) is 6.42. The summed E-state index contributed by atoms with van der Waals surface area (Å²) >= 11 is 1.43. The van der Waals surface area contributed by atoms with E-state index >= 15 is 0 Å². The van der Waals surface area contributed by atoms with Crippen LogP contribution in [0.5, 0.6) is 5.88 Å². The molecular formula is C18H17N3O3S. The molecule has 25 heavy (non-hydrogen) atoms. The highest BCUT2D eigenvalue weighted by atomic mass is 32.1. The Kier molecular flexibility index (Phi) is 4.10. The van der Waals surface area contributed by atoms with Crippen LogP contribution < -0.4 is 10.1 Å². The van der Waals surface area contributed by atoms with Crippen molar-refractivity contribution in [3.8, 4) is 17.0 Å². The first-order valence-electron chi connectivity index (χ1n) is 7.94. The van der Waals surface area contributed by atoms with Gasteiger partial charge in [-0.1, -0.05) is 41.7 Å². The maximum absolute atomic E-state index is 12.3. The largest absolute Gasteiger partial charge is 0.479 e. The second-order valence-corrected chi connectivity index (χ2v) is 6.85. The minimum Gasteiger partial charge on any atom is -0.479 e. The maximum atomic E-state index is 12.3. The van der Waals surface area contributed by atoms with Crippen molar-refractivity contribution in [2.75, 3.05) is 19.5 Å². The summed E-state index contributed by atoms with van der Waals surface area (Å²) in [4.78, 5) is 21.1. The minimum atomic E-state index is -0.0920. The Morgan fingerprint density at radius 2 is 2.08 bits per heavy atom. The Hall–Kier alpha value is -2.51. The average molecular weight is 355 g/mol. The molecule has 2 aromatic heterocycles. The first kappa shape index (κ1) is 16.0. The summed E-state index contributed by atoms with van der Waals surface area (Å²) < 4.78 is 11.5. The first-order valence-corrected chi connectivity index (χ1v) is 8.75. The van der Waals surface area contributed by atoms with Crippen LogP contribution >= 0.6 is 11.3 Å². The molecule has 2 atom stereocenters. The molecule has 3 aromatic rings. The van der Waals surface area contributed by atoms with Crippen LogP contribution in [0.3, 0.4) is 0 Å². The molecule has 0 spiro atoms. The van der Waals surface area contributed by atoms with Gasteiger partial charge < -0.3 is 14.8 Å². The summed E-state index contributed by atoms with van der Waals surface area (Å²) in [5.74, 6) is 0.303. The van der Waals surface area contributed by atoms with E-state index in [0.29, 0.717) is 16.5 Å². The zero-order valence-electron chi connectivity index (χ0n) is 13.9. The number of nitrogens with one attached hydrogen (secondary N) is 1. The van der Waals surface area contributed by atoms with Crippen molar-refractivity contribution in [3.63, 3.8) is 0 Å². The number of hydrogen-bond donors (Lipinski definition) is 1. The lowest BCUT2D eigenvalue weighted by atomic mass is 10.1. The molecule has 6 nitrogen and oxygen atoms in total. The van der Waals surface area contributed by atoms with E-state index in [1.165, 1.54) is 11.3 Å². The topological polar surface area (TPSA) is 73.3 Å². The van der Waals surface area contributed by atoms with Crippen LogP contribution in [0, 0.1) is 5.92 Å². The number of nitrogens with zero attached hydrogens (tertiary/aromatic N) is 2. The van der Waals surface area contributed by atoms with Gasteiger partial charge in [-0.2, -0.15) is 0 Å². The zero-order chi connectivity index (χ0) is 17.4. The summed E-state index contributed by atoms with van der Waals surface area (Å²) in [5, 5.41) is 3.44. The lowest BCUT2D eigenvalue weighted by Gasteiger charge is -2.04. The van der Waals surface area contributed by atoms with Crippen molar-refractivity contribution in [1.29, 1.82) is 0 Å². The number of anilines is 1. The van der Waals surface area contributed by atoms with Gasteiger partial charge >= 0.3 is 0 Å². The van der Waals surface area contributed by atoms with Crippen LogP contribution in [-0.4, -0.2) is 36.2 Å². The van der Waals surface area contributed by atoms with Crippen LogP contribution in [0.15, 0.2) is 36.5 Å². The number of fused-ring (bicyclic) bond motifs is 1. The molecule has 0 aliphatic heterocycles. The lowest BCUT2D eigenvalue weighted by molar-refractivity contribution is -0.118. The summed E-state index contributed by atoms with van der Waals surface area (Å²) in [6.07, 6.45) is 2.56. The molecule has 1 saturated carbocycles. The summed E-state index contributed by atoms with van der Waals surface area (Å²) in [6, 6.07) is 9.97. The van der Waals surface area contributed by atoms with Gasteiger partial charge in [-0.05, 0) is 12.0 Å². The van der Waals surface area contributed by atoms with Gasteiger partial charge in [-0.15, -0.1) is 0 Å². The molecule has 0 radical (unpaired) electrons. The fourth-order valence-corrected chi connectivity index (χ4v) is 3.81. The van der Waals surface area contributed by atoms with Gasteiger partial charge in [-0.25, -0.2) is 9.97 Å². The smallest absolute Gasteiger partial charge is 0.241 e. The molecule has 7 heteroatoms. The van der Waals surface area contributed by atoms with Crippen molar-refractivity contribution in [1.82, 2.24) is 9.97 Å². The van der Waals surface area contributed by atoms with Crippen LogP contribution in [0.1, 0.15) is 6.42 Å². The van der Waals surface area contributed by atoms with Crippen molar-refractivity contribution < 1.29 is 14.3 Å². The molecule has 1 aliphatic rings. The van der Waals surface area contributed by atoms with E-state index in [4.69, 9.17) is 9.47 Å². The lowest BCUT2D eigenvalue weighted by Crippen LogP contribution is -2.16. The summed E-state index contributed by atoms with van der Waals surface area (Å²) in [7, 11) is 3.19. The molecule has 4 rings (SSSR count). The van der Waals surface area contributed by atoms with Gasteiger partial charge in [0.05, 0.1) is 23.8 Å². The van der Waals surface area contributed by atoms with Crippen molar-refractivity contribution in [3.05, 3.63) is 36.5 Å². The van der Waals surface area contributed by atoms with Crippen LogP contribution in [0.2, 0.25) is 0 Å². The third-order valence-electron chi connectivity index (χ3n) is 4.26. The van der Waals surface area contributed by atoms with E-state index in [9.17, 15) is 4.79 Å². The summed E-state index contributed by atoms with van der Waals surface area (Å²) in [5.41, 5.74) is 2.67. The van der Waals surface area contributed by atoms with Gasteiger partial charge in [0.1, 0.15) is 5.52 Å². The molecule has 2 unspecified atom stereocenters.